The minimum absolute atomic E-state index is 0.0436. The Bertz CT molecular complexity index is 775. The molecule has 1 heterocycles. The van der Waals surface area contributed by atoms with Gasteiger partial charge in [0.1, 0.15) is 0 Å². The monoisotopic (exact) mass is 420 g/mol. The molecule has 118 valence electrons. The van der Waals surface area contributed by atoms with E-state index in [0.717, 1.165) is 14.8 Å². The van der Waals surface area contributed by atoms with Crippen molar-refractivity contribution in [3.63, 3.8) is 0 Å². The lowest BCUT2D eigenvalue weighted by Crippen LogP contribution is -2.45. The number of carbonyl (C=O) groups excluding carboxylic acids is 2. The first-order valence-corrected chi connectivity index (χ1v) is 8.55. The smallest absolute Gasteiger partial charge is 0.259 e. The number of nitrogens with zero attached hydrogens (tertiary/aromatic N) is 1. The molecule has 1 aliphatic rings. The number of carbonyl (C=O) groups is 2. The Kier molecular flexibility index (Phi) is 4.39. The summed E-state index contributed by atoms with van der Waals surface area (Å²) in [6.45, 7) is 1.96. The van der Waals surface area contributed by atoms with Gasteiger partial charge in [0, 0.05) is 15.3 Å². The number of fused-ring (bicyclic) bond motifs is 1. The third-order valence-corrected chi connectivity index (χ3v) is 5.20. The van der Waals surface area contributed by atoms with Crippen LogP contribution in [-0.4, -0.2) is 17.9 Å². The molecule has 4 nitrogen and oxygen atoms in total. The predicted molar refractivity (Wildman–Crippen MR) is 98.4 cm³/mol. The first-order valence-electron chi connectivity index (χ1n) is 7.47. The first kappa shape index (κ1) is 16.0. The molecule has 0 radical (unpaired) electrons. The molecule has 0 aliphatic carbocycles. The number of halogens is 1. The number of amides is 2. The summed E-state index contributed by atoms with van der Waals surface area (Å²) in [6.07, 6.45) is 0.543. The zero-order valence-corrected chi connectivity index (χ0v) is 14.9. The Balaban J connectivity index is 2.09. The largest absolute Gasteiger partial charge is 0.369 e. The molecule has 0 unspecified atom stereocenters. The van der Waals surface area contributed by atoms with Gasteiger partial charge in [-0.3, -0.25) is 9.59 Å². The minimum atomic E-state index is -0.347. The van der Waals surface area contributed by atoms with Gasteiger partial charge in [-0.05, 0) is 59.7 Å². The van der Waals surface area contributed by atoms with Crippen molar-refractivity contribution in [2.75, 3.05) is 4.90 Å². The third kappa shape index (κ3) is 2.85. The van der Waals surface area contributed by atoms with Gasteiger partial charge in [0.05, 0.1) is 11.5 Å². The van der Waals surface area contributed by atoms with Crippen LogP contribution in [0.5, 0.6) is 0 Å². The summed E-state index contributed by atoms with van der Waals surface area (Å²) in [4.78, 5) is 26.6. The highest BCUT2D eigenvalue weighted by Crippen LogP contribution is 2.39. The number of nitrogens with two attached hydrogens (primary N) is 1. The van der Waals surface area contributed by atoms with E-state index < -0.39 is 0 Å². The average Bonchev–Trinajstić information content (AvgIpc) is 2.54. The minimum Gasteiger partial charge on any atom is -0.369 e. The van der Waals surface area contributed by atoms with E-state index in [-0.39, 0.29) is 23.8 Å². The lowest BCUT2D eigenvalue weighted by molar-refractivity contribution is -0.119. The van der Waals surface area contributed by atoms with Crippen LogP contribution in [0.25, 0.3) is 0 Å². The fraction of sp³-hybridized carbons (Fsp3) is 0.222. The summed E-state index contributed by atoms with van der Waals surface area (Å²) < 4.78 is 0.914. The first-order chi connectivity index (χ1) is 11.0. The van der Waals surface area contributed by atoms with Crippen LogP contribution in [0.2, 0.25) is 0 Å². The Morgan fingerprint density at radius 3 is 2.48 bits per heavy atom. The van der Waals surface area contributed by atoms with Crippen molar-refractivity contribution in [2.45, 2.75) is 25.3 Å². The van der Waals surface area contributed by atoms with Crippen LogP contribution in [0.15, 0.2) is 48.5 Å². The van der Waals surface area contributed by atoms with Crippen LogP contribution < -0.4 is 10.6 Å². The maximum absolute atomic E-state index is 13.1. The van der Waals surface area contributed by atoms with Gasteiger partial charge in [0.2, 0.25) is 5.91 Å². The van der Waals surface area contributed by atoms with E-state index in [1.807, 2.05) is 55.5 Å². The van der Waals surface area contributed by atoms with Crippen molar-refractivity contribution in [3.8, 4) is 0 Å². The second-order valence-electron chi connectivity index (χ2n) is 5.75. The van der Waals surface area contributed by atoms with E-state index in [1.165, 1.54) is 0 Å². The molecule has 2 atom stereocenters. The van der Waals surface area contributed by atoms with E-state index in [4.69, 9.17) is 5.73 Å². The SMILES string of the molecule is C[C@@H]1C[C@@H](C(N)=O)c2ccccc2N1C(=O)c1ccccc1I. The molecule has 3 rings (SSSR count). The van der Waals surface area contributed by atoms with Gasteiger partial charge in [-0.15, -0.1) is 0 Å². The number of hydrogen-bond donors (Lipinski definition) is 1. The summed E-state index contributed by atoms with van der Waals surface area (Å²) in [5.74, 6) is -0.733. The van der Waals surface area contributed by atoms with Crippen molar-refractivity contribution < 1.29 is 9.59 Å². The highest BCUT2D eigenvalue weighted by molar-refractivity contribution is 14.1. The van der Waals surface area contributed by atoms with Gasteiger partial charge < -0.3 is 10.6 Å². The number of para-hydroxylation sites is 1. The molecular formula is C18H17IN2O2. The Morgan fingerprint density at radius 1 is 1.13 bits per heavy atom. The molecule has 0 saturated carbocycles. The molecule has 2 aromatic carbocycles. The summed E-state index contributed by atoms with van der Waals surface area (Å²) >= 11 is 2.17. The van der Waals surface area contributed by atoms with Gasteiger partial charge in [0.25, 0.3) is 5.91 Å². The molecule has 0 bridgehead atoms. The van der Waals surface area contributed by atoms with Crippen LogP contribution in [0.3, 0.4) is 0 Å². The number of benzene rings is 2. The van der Waals surface area contributed by atoms with E-state index in [2.05, 4.69) is 22.6 Å². The van der Waals surface area contributed by atoms with Gasteiger partial charge >= 0.3 is 0 Å². The summed E-state index contributed by atoms with van der Waals surface area (Å²) in [6, 6.07) is 15.0. The molecule has 2 N–H and O–H groups in total. The van der Waals surface area contributed by atoms with Gasteiger partial charge in [0.15, 0.2) is 0 Å². The average molecular weight is 420 g/mol. The van der Waals surface area contributed by atoms with Crippen LogP contribution in [0.4, 0.5) is 5.69 Å². The fourth-order valence-corrected chi connectivity index (χ4v) is 3.77. The predicted octanol–water partition coefficient (Wildman–Crippen LogP) is 3.30. The highest BCUT2D eigenvalue weighted by atomic mass is 127. The Labute approximate surface area is 148 Å². The second kappa shape index (κ2) is 6.31. The molecule has 0 aromatic heterocycles. The van der Waals surface area contributed by atoms with Crippen molar-refractivity contribution in [2.24, 2.45) is 5.73 Å². The molecule has 1 aliphatic heterocycles. The molecule has 0 fully saturated rings. The second-order valence-corrected chi connectivity index (χ2v) is 6.92. The molecule has 2 amide bonds. The zero-order valence-electron chi connectivity index (χ0n) is 12.7. The van der Waals surface area contributed by atoms with E-state index in [0.29, 0.717) is 12.0 Å². The lowest BCUT2D eigenvalue weighted by atomic mass is 9.85. The molecule has 23 heavy (non-hydrogen) atoms. The van der Waals surface area contributed by atoms with Gasteiger partial charge in [-0.2, -0.15) is 0 Å². The number of hydrogen-bond acceptors (Lipinski definition) is 2. The van der Waals surface area contributed by atoms with Crippen molar-refractivity contribution >= 4 is 40.1 Å². The number of primary amides is 1. The molecule has 5 heteroatoms. The summed E-state index contributed by atoms with van der Waals surface area (Å²) in [7, 11) is 0. The van der Waals surface area contributed by atoms with Crippen LogP contribution in [0, 0.1) is 3.57 Å². The number of anilines is 1. The maximum Gasteiger partial charge on any atom is 0.259 e. The highest BCUT2D eigenvalue weighted by Gasteiger charge is 2.36. The Morgan fingerprint density at radius 2 is 1.78 bits per heavy atom. The van der Waals surface area contributed by atoms with Gasteiger partial charge in [-0.1, -0.05) is 30.3 Å². The Hall–Kier alpha value is -1.89. The van der Waals surface area contributed by atoms with E-state index in [9.17, 15) is 9.59 Å². The summed E-state index contributed by atoms with van der Waals surface area (Å²) in [5, 5.41) is 0. The van der Waals surface area contributed by atoms with Crippen LogP contribution in [-0.2, 0) is 4.79 Å². The van der Waals surface area contributed by atoms with Crippen molar-refractivity contribution in [1.82, 2.24) is 0 Å². The van der Waals surface area contributed by atoms with Gasteiger partial charge in [-0.25, -0.2) is 0 Å². The van der Waals surface area contributed by atoms with E-state index in [1.54, 1.807) is 4.90 Å². The van der Waals surface area contributed by atoms with Crippen molar-refractivity contribution in [3.05, 3.63) is 63.2 Å². The topological polar surface area (TPSA) is 63.4 Å². The summed E-state index contributed by atoms with van der Waals surface area (Å²) in [5.41, 5.74) is 7.84. The molecular weight excluding hydrogens is 403 g/mol. The van der Waals surface area contributed by atoms with Crippen molar-refractivity contribution in [1.29, 1.82) is 0 Å². The molecule has 0 saturated heterocycles. The fourth-order valence-electron chi connectivity index (χ4n) is 3.16. The quantitative estimate of drug-likeness (QED) is 0.758. The number of rotatable bonds is 2. The molecule has 2 aromatic rings. The standard InChI is InChI=1S/C18H17IN2O2/c1-11-10-14(17(20)22)12-6-3-5-9-16(12)21(11)18(23)13-7-2-4-8-15(13)19/h2-9,11,14H,10H2,1H3,(H2,20,22)/t11-,14-/m1/s1. The third-order valence-electron chi connectivity index (χ3n) is 4.26. The van der Waals surface area contributed by atoms with E-state index >= 15 is 0 Å². The lowest BCUT2D eigenvalue weighted by Gasteiger charge is -2.38. The maximum atomic E-state index is 13.1. The zero-order chi connectivity index (χ0) is 16.6. The van der Waals surface area contributed by atoms with Crippen LogP contribution in [0.1, 0.15) is 35.2 Å². The normalized spacial score (nSPS) is 20.0. The van der Waals surface area contributed by atoms with Crippen LogP contribution >= 0.6 is 22.6 Å². The molecule has 0 spiro atoms.